The van der Waals surface area contributed by atoms with Gasteiger partial charge in [0, 0.05) is 11.6 Å². The van der Waals surface area contributed by atoms with E-state index in [0.717, 1.165) is 17.1 Å². The van der Waals surface area contributed by atoms with Gasteiger partial charge in [-0.25, -0.2) is 13.1 Å². The topological polar surface area (TPSA) is 63.2 Å². The van der Waals surface area contributed by atoms with Crippen LogP contribution in [0, 0.1) is 0 Å². The summed E-state index contributed by atoms with van der Waals surface area (Å²) in [6.07, 6.45) is 0.783. The van der Waals surface area contributed by atoms with Crippen molar-refractivity contribution in [3.8, 4) is 0 Å². The molecule has 3 aromatic rings. The minimum absolute atomic E-state index is 0.199. The van der Waals surface area contributed by atoms with Crippen LogP contribution < -0.4 is 4.72 Å². The normalized spacial score (nSPS) is 12.9. The number of carbonyl (C=O) groups is 1. The van der Waals surface area contributed by atoms with Crippen LogP contribution in [-0.4, -0.2) is 14.7 Å². The summed E-state index contributed by atoms with van der Waals surface area (Å²) in [5, 5.41) is 1.76. The average Bonchev–Trinajstić information content (AvgIpc) is 2.61. The Balaban J connectivity index is 2.00. The predicted octanol–water partition coefficient (Wildman–Crippen LogP) is 3.69. The van der Waals surface area contributed by atoms with Crippen LogP contribution in [-0.2, 0) is 10.0 Å². The van der Waals surface area contributed by atoms with Crippen molar-refractivity contribution in [3.05, 3.63) is 77.9 Å². The maximum atomic E-state index is 12.5. The maximum absolute atomic E-state index is 12.5. The summed E-state index contributed by atoms with van der Waals surface area (Å²) < 4.78 is 27.6. The van der Waals surface area contributed by atoms with Crippen LogP contribution in [0.5, 0.6) is 0 Å². The molecule has 0 radical (unpaired) electrons. The van der Waals surface area contributed by atoms with Gasteiger partial charge in [-0.1, -0.05) is 54.6 Å². The van der Waals surface area contributed by atoms with E-state index < -0.39 is 16.1 Å². The Morgan fingerprint density at radius 3 is 2.29 bits per heavy atom. The van der Waals surface area contributed by atoms with Crippen LogP contribution in [0.4, 0.5) is 0 Å². The van der Waals surface area contributed by atoms with Crippen molar-refractivity contribution in [2.24, 2.45) is 0 Å². The van der Waals surface area contributed by atoms with Crippen molar-refractivity contribution in [2.45, 2.75) is 17.9 Å². The van der Waals surface area contributed by atoms with Crippen molar-refractivity contribution in [1.29, 1.82) is 0 Å². The molecule has 0 aliphatic carbocycles. The van der Waals surface area contributed by atoms with E-state index in [-0.39, 0.29) is 4.90 Å². The van der Waals surface area contributed by atoms with E-state index in [4.69, 9.17) is 0 Å². The van der Waals surface area contributed by atoms with Gasteiger partial charge in [-0.15, -0.1) is 0 Å². The standard InChI is InChI=1S/C19H17NO3S/c1-14(20-24(22,23)16-8-3-2-4-9-16)17-12-11-15-7-5-6-10-18(15)19(17)13-21/h2-14,20H,1H3/t14-/m1/s1. The van der Waals surface area contributed by atoms with E-state index in [1.807, 2.05) is 30.3 Å². The van der Waals surface area contributed by atoms with Crippen molar-refractivity contribution >= 4 is 27.1 Å². The lowest BCUT2D eigenvalue weighted by Crippen LogP contribution is -2.27. The van der Waals surface area contributed by atoms with Crippen molar-refractivity contribution in [3.63, 3.8) is 0 Å². The third kappa shape index (κ3) is 3.09. The highest BCUT2D eigenvalue weighted by Crippen LogP contribution is 2.26. The van der Waals surface area contributed by atoms with Crippen LogP contribution in [0.2, 0.25) is 0 Å². The lowest BCUT2D eigenvalue weighted by atomic mass is 9.96. The van der Waals surface area contributed by atoms with E-state index in [1.54, 1.807) is 31.2 Å². The van der Waals surface area contributed by atoms with Crippen LogP contribution in [0.25, 0.3) is 10.8 Å². The molecule has 3 aromatic carbocycles. The number of carbonyl (C=O) groups excluding carboxylic acids is 1. The Hall–Kier alpha value is -2.50. The zero-order chi connectivity index (χ0) is 17.2. The summed E-state index contributed by atoms with van der Waals surface area (Å²) in [5.74, 6) is 0. The average molecular weight is 339 g/mol. The van der Waals surface area contributed by atoms with Gasteiger partial charge in [0.2, 0.25) is 10.0 Å². The number of benzene rings is 3. The summed E-state index contributed by atoms with van der Waals surface area (Å²) in [6, 6.07) is 18.9. The first-order chi connectivity index (χ1) is 11.5. The smallest absolute Gasteiger partial charge is 0.241 e. The molecule has 24 heavy (non-hydrogen) atoms. The molecular formula is C19H17NO3S. The van der Waals surface area contributed by atoms with Crippen LogP contribution >= 0.6 is 0 Å². The molecule has 3 rings (SSSR count). The molecule has 0 unspecified atom stereocenters. The maximum Gasteiger partial charge on any atom is 0.241 e. The Bertz CT molecular complexity index is 982. The highest BCUT2D eigenvalue weighted by Gasteiger charge is 2.20. The second-order valence-electron chi connectivity index (χ2n) is 5.56. The van der Waals surface area contributed by atoms with Crippen LogP contribution in [0.15, 0.2) is 71.6 Å². The summed E-state index contributed by atoms with van der Waals surface area (Å²) in [4.78, 5) is 11.8. The molecule has 0 aliphatic rings. The van der Waals surface area contributed by atoms with Gasteiger partial charge in [0.15, 0.2) is 6.29 Å². The first-order valence-corrected chi connectivity index (χ1v) is 9.05. The fourth-order valence-corrected chi connectivity index (χ4v) is 4.03. The zero-order valence-corrected chi connectivity index (χ0v) is 14.0. The second kappa shape index (κ2) is 6.55. The first-order valence-electron chi connectivity index (χ1n) is 7.57. The molecule has 5 heteroatoms. The summed E-state index contributed by atoms with van der Waals surface area (Å²) in [6.45, 7) is 1.73. The van der Waals surface area contributed by atoms with Crippen molar-refractivity contribution < 1.29 is 13.2 Å². The van der Waals surface area contributed by atoms with Gasteiger partial charge in [-0.2, -0.15) is 0 Å². The lowest BCUT2D eigenvalue weighted by Gasteiger charge is -2.17. The Morgan fingerprint density at radius 1 is 0.917 bits per heavy atom. The summed E-state index contributed by atoms with van der Waals surface area (Å²) >= 11 is 0. The van der Waals surface area contributed by atoms with Crippen molar-refractivity contribution in [2.75, 3.05) is 0 Å². The molecule has 0 spiro atoms. The molecule has 0 aliphatic heterocycles. The Labute approximate surface area is 141 Å². The second-order valence-corrected chi connectivity index (χ2v) is 7.28. The predicted molar refractivity (Wildman–Crippen MR) is 94.5 cm³/mol. The van der Waals surface area contributed by atoms with Gasteiger partial charge >= 0.3 is 0 Å². The zero-order valence-electron chi connectivity index (χ0n) is 13.1. The number of hydrogen-bond acceptors (Lipinski definition) is 3. The number of hydrogen-bond donors (Lipinski definition) is 1. The highest BCUT2D eigenvalue weighted by atomic mass is 32.2. The molecule has 0 aromatic heterocycles. The molecule has 122 valence electrons. The number of rotatable bonds is 5. The van der Waals surface area contributed by atoms with Gasteiger partial charge in [-0.05, 0) is 35.4 Å². The Morgan fingerprint density at radius 2 is 1.58 bits per heavy atom. The molecule has 0 saturated carbocycles. The first kappa shape index (κ1) is 16.4. The third-order valence-corrected chi connectivity index (χ3v) is 5.53. The molecule has 1 atom stereocenters. The molecule has 0 fully saturated rings. The van der Waals surface area contributed by atoms with E-state index in [2.05, 4.69) is 4.72 Å². The molecule has 0 heterocycles. The van der Waals surface area contributed by atoms with E-state index in [1.165, 1.54) is 12.1 Å². The minimum Gasteiger partial charge on any atom is -0.298 e. The number of fused-ring (bicyclic) bond motifs is 1. The number of aldehydes is 1. The third-order valence-electron chi connectivity index (χ3n) is 3.97. The minimum atomic E-state index is -3.65. The fourth-order valence-electron chi connectivity index (χ4n) is 2.79. The SMILES string of the molecule is C[C@@H](NS(=O)(=O)c1ccccc1)c1ccc2ccccc2c1C=O. The van der Waals surface area contributed by atoms with Crippen LogP contribution in [0.1, 0.15) is 28.9 Å². The largest absolute Gasteiger partial charge is 0.298 e. The molecule has 0 bridgehead atoms. The Kier molecular flexibility index (Phi) is 4.46. The van der Waals surface area contributed by atoms with Gasteiger partial charge in [0.1, 0.15) is 0 Å². The fraction of sp³-hybridized carbons (Fsp3) is 0.105. The van der Waals surface area contributed by atoms with Gasteiger partial charge in [-0.3, -0.25) is 4.79 Å². The van der Waals surface area contributed by atoms with Crippen molar-refractivity contribution in [1.82, 2.24) is 4.72 Å². The highest BCUT2D eigenvalue weighted by molar-refractivity contribution is 7.89. The monoisotopic (exact) mass is 339 g/mol. The molecule has 1 N–H and O–H groups in total. The van der Waals surface area contributed by atoms with Gasteiger partial charge < -0.3 is 0 Å². The van der Waals surface area contributed by atoms with Gasteiger partial charge in [0.25, 0.3) is 0 Å². The summed E-state index contributed by atoms with van der Waals surface area (Å²) in [7, 11) is -3.65. The van der Waals surface area contributed by atoms with E-state index in [9.17, 15) is 13.2 Å². The molecule has 0 amide bonds. The summed E-state index contributed by atoms with van der Waals surface area (Å²) in [5.41, 5.74) is 1.17. The van der Waals surface area contributed by atoms with Gasteiger partial charge in [0.05, 0.1) is 4.90 Å². The number of sulfonamides is 1. The molecule has 4 nitrogen and oxygen atoms in total. The number of nitrogens with one attached hydrogen (secondary N) is 1. The quantitative estimate of drug-likeness (QED) is 0.721. The van der Waals surface area contributed by atoms with E-state index in [0.29, 0.717) is 11.1 Å². The molecular weight excluding hydrogens is 322 g/mol. The molecule has 0 saturated heterocycles. The lowest BCUT2D eigenvalue weighted by molar-refractivity contribution is 0.112. The van der Waals surface area contributed by atoms with E-state index >= 15 is 0 Å². The van der Waals surface area contributed by atoms with Crippen LogP contribution in [0.3, 0.4) is 0 Å².